The Morgan fingerprint density at radius 1 is 1.42 bits per heavy atom. The molecule has 0 bridgehead atoms. The van der Waals surface area contributed by atoms with Gasteiger partial charge in [-0.25, -0.2) is 14.2 Å². The van der Waals surface area contributed by atoms with E-state index in [2.05, 4.69) is 20.4 Å². The van der Waals surface area contributed by atoms with Crippen LogP contribution in [-0.4, -0.2) is 82.8 Å². The van der Waals surface area contributed by atoms with Crippen molar-refractivity contribution in [2.75, 3.05) is 56.7 Å². The number of methoxy groups -OCH3 is 1. The van der Waals surface area contributed by atoms with Crippen LogP contribution in [0.3, 0.4) is 0 Å². The summed E-state index contributed by atoms with van der Waals surface area (Å²) in [6, 6.07) is 7.92. The largest absolute Gasteiger partial charge is 0.471 e. The summed E-state index contributed by atoms with van der Waals surface area (Å²) in [7, 11) is 3.08. The maximum absolute atomic E-state index is 14.8. The van der Waals surface area contributed by atoms with E-state index in [1.807, 2.05) is 0 Å². The van der Waals surface area contributed by atoms with Crippen molar-refractivity contribution in [3.8, 4) is 11.1 Å². The summed E-state index contributed by atoms with van der Waals surface area (Å²) >= 11 is 0. The zero-order valence-electron chi connectivity index (χ0n) is 20.1. The number of pyridine rings is 1. The molecule has 1 aromatic carbocycles. The van der Waals surface area contributed by atoms with Crippen molar-refractivity contribution in [2.45, 2.75) is 6.10 Å². The fourth-order valence-electron chi connectivity index (χ4n) is 3.32. The molecule has 0 saturated carbocycles. The van der Waals surface area contributed by atoms with Gasteiger partial charge in [-0.3, -0.25) is 19.9 Å². The van der Waals surface area contributed by atoms with Gasteiger partial charge in [0.15, 0.2) is 0 Å². The molecule has 3 rings (SSSR count). The van der Waals surface area contributed by atoms with Crippen LogP contribution < -0.4 is 26.2 Å². The predicted octanol–water partition coefficient (Wildman–Crippen LogP) is 0.710. The van der Waals surface area contributed by atoms with Crippen LogP contribution in [0.15, 0.2) is 36.5 Å². The summed E-state index contributed by atoms with van der Waals surface area (Å²) < 4.78 is 24.0. The van der Waals surface area contributed by atoms with Crippen molar-refractivity contribution in [2.24, 2.45) is 5.73 Å². The van der Waals surface area contributed by atoms with Crippen molar-refractivity contribution in [3.63, 3.8) is 0 Å². The van der Waals surface area contributed by atoms with Crippen LogP contribution in [0.1, 0.15) is 0 Å². The average Bonchev–Trinajstić information content (AvgIpc) is 3.26. The summed E-state index contributed by atoms with van der Waals surface area (Å²) in [5, 5.41) is 13.1. The van der Waals surface area contributed by atoms with E-state index in [4.69, 9.17) is 20.7 Å². The number of ether oxygens (including phenoxy) is 2. The molecule has 1 aliphatic heterocycles. The second kappa shape index (κ2) is 14.3. The number of nitrogens with zero attached hydrogens (tertiary/aromatic N) is 3. The predicted molar refractivity (Wildman–Crippen MR) is 132 cm³/mol. The zero-order chi connectivity index (χ0) is 26.5. The van der Waals surface area contributed by atoms with Gasteiger partial charge in [-0.05, 0) is 37.4 Å². The number of hydrogen-bond donors (Lipinski definition) is 4. The molecule has 2 aromatic rings. The van der Waals surface area contributed by atoms with E-state index >= 15 is 0 Å². The first-order valence-corrected chi connectivity index (χ1v) is 11.0. The number of cyclic esters (lactones) is 1. The molecule has 1 atom stereocenters. The monoisotopic (exact) mass is 503 g/mol. The lowest BCUT2D eigenvalue weighted by Crippen LogP contribution is -2.37. The van der Waals surface area contributed by atoms with Crippen LogP contribution in [0.25, 0.3) is 11.1 Å². The van der Waals surface area contributed by atoms with Crippen molar-refractivity contribution < 1.29 is 28.2 Å². The number of nitrogens with two attached hydrogens (primary N) is 1. The maximum atomic E-state index is 14.8. The lowest BCUT2D eigenvalue weighted by atomic mass is 10.1. The molecule has 1 aliphatic rings. The summed E-state index contributed by atoms with van der Waals surface area (Å²) in [5.74, 6) is -0.287. The van der Waals surface area contributed by atoms with E-state index in [1.165, 1.54) is 24.3 Å². The van der Waals surface area contributed by atoms with Gasteiger partial charge < -0.3 is 30.7 Å². The van der Waals surface area contributed by atoms with E-state index in [-0.39, 0.29) is 18.6 Å². The minimum absolute atomic E-state index is 0.0998. The van der Waals surface area contributed by atoms with Crippen LogP contribution in [0.2, 0.25) is 0 Å². The Hall–Kier alpha value is -4.10. The normalized spacial score (nSPS) is 14.3. The maximum Gasteiger partial charge on any atom is 0.414 e. The quantitative estimate of drug-likeness (QED) is 0.196. The molecule has 1 saturated heterocycles. The molecule has 0 radical (unpaired) electrons. The summed E-state index contributed by atoms with van der Waals surface area (Å²) in [4.78, 5) is 39.5. The number of likely N-dealkylation sites (N-methyl/N-ethyl adjacent to an activating group) is 1. The van der Waals surface area contributed by atoms with Gasteiger partial charge in [0.05, 0.1) is 32.2 Å². The first-order valence-electron chi connectivity index (χ1n) is 11.0. The van der Waals surface area contributed by atoms with Gasteiger partial charge in [-0.15, -0.1) is 0 Å². The summed E-state index contributed by atoms with van der Waals surface area (Å²) in [6.45, 7) is 1.79. The molecule has 1 unspecified atom stereocenters. The van der Waals surface area contributed by atoms with Gasteiger partial charge in [0, 0.05) is 37.0 Å². The van der Waals surface area contributed by atoms with Crippen molar-refractivity contribution >= 4 is 36.3 Å². The smallest absolute Gasteiger partial charge is 0.414 e. The highest BCUT2D eigenvalue weighted by Gasteiger charge is 2.32. The van der Waals surface area contributed by atoms with Crippen molar-refractivity contribution in [1.29, 1.82) is 5.41 Å². The molecular formula is C23H30FN7O5. The third-order valence-corrected chi connectivity index (χ3v) is 5.04. The van der Waals surface area contributed by atoms with Crippen LogP contribution >= 0.6 is 0 Å². The molecule has 194 valence electrons. The van der Waals surface area contributed by atoms with Gasteiger partial charge in [-0.2, -0.15) is 0 Å². The number of benzene rings is 1. The highest BCUT2D eigenvalue weighted by Crippen LogP contribution is 2.29. The molecule has 5 N–H and O–H groups in total. The Kier molecular flexibility index (Phi) is 11.2. The number of carbonyl (C=O) groups is 3. The lowest BCUT2D eigenvalue weighted by molar-refractivity contribution is -0.126. The Balaban J connectivity index is 0.00000106. The molecule has 13 heteroatoms. The van der Waals surface area contributed by atoms with Gasteiger partial charge in [0.1, 0.15) is 17.7 Å². The van der Waals surface area contributed by atoms with Crippen molar-refractivity contribution in [3.05, 3.63) is 42.3 Å². The lowest BCUT2D eigenvalue weighted by Gasteiger charge is -2.18. The van der Waals surface area contributed by atoms with Gasteiger partial charge in [0.2, 0.25) is 5.91 Å². The molecule has 2 amide bonds. The number of nitrogens with one attached hydrogen (secondary N) is 3. The summed E-state index contributed by atoms with van der Waals surface area (Å²) in [5.41, 5.74) is 6.56. The standard InChI is InChI=1S/C21H26FN7O3.C2H4O2/c1-25-11-16-12-29(21(31)32-16)15-3-4-17(18(22)8-15)14-2-5-19(27-10-14)28(13-24)7-6-26-20(30)9-23;1-4-2-3/h2-5,8,10,13,16,24-25H,6-7,9,11-12,23H2,1H3,(H,26,30);2H,1H3. The number of rotatable bonds is 11. The third-order valence-electron chi connectivity index (χ3n) is 5.04. The number of amides is 2. The van der Waals surface area contributed by atoms with E-state index in [0.717, 1.165) is 6.34 Å². The molecule has 0 spiro atoms. The number of anilines is 2. The Labute approximate surface area is 208 Å². The van der Waals surface area contributed by atoms with Crippen LogP contribution in [0.5, 0.6) is 0 Å². The molecule has 36 heavy (non-hydrogen) atoms. The first kappa shape index (κ1) is 28.1. The van der Waals surface area contributed by atoms with E-state index in [0.29, 0.717) is 55.3 Å². The summed E-state index contributed by atoms with van der Waals surface area (Å²) in [6.07, 6.45) is 1.82. The number of aromatic nitrogens is 1. The fourth-order valence-corrected chi connectivity index (χ4v) is 3.32. The Morgan fingerprint density at radius 3 is 2.72 bits per heavy atom. The second-order valence-corrected chi connectivity index (χ2v) is 7.45. The number of hydrogen-bond acceptors (Lipinski definition) is 9. The molecule has 0 aliphatic carbocycles. The number of carbonyl (C=O) groups excluding carboxylic acids is 3. The average molecular weight is 504 g/mol. The highest BCUT2D eigenvalue weighted by molar-refractivity contribution is 5.90. The zero-order valence-corrected chi connectivity index (χ0v) is 20.1. The SMILES string of the molecule is CNCC1CN(c2ccc(-c3ccc(N(C=N)CCNC(=O)CN)nc3)c(F)c2)C(=O)O1.COC=O. The van der Waals surface area contributed by atoms with Gasteiger partial charge >= 0.3 is 6.09 Å². The molecule has 12 nitrogen and oxygen atoms in total. The minimum Gasteiger partial charge on any atom is -0.471 e. The van der Waals surface area contributed by atoms with Crippen LogP contribution in [-0.2, 0) is 19.1 Å². The van der Waals surface area contributed by atoms with E-state index in [1.54, 1.807) is 36.2 Å². The first-order chi connectivity index (χ1) is 17.4. The second-order valence-electron chi connectivity index (χ2n) is 7.45. The number of halogens is 1. The van der Waals surface area contributed by atoms with Crippen LogP contribution in [0.4, 0.5) is 20.7 Å². The van der Waals surface area contributed by atoms with Crippen LogP contribution in [0, 0.1) is 11.2 Å². The van der Waals surface area contributed by atoms with E-state index < -0.39 is 11.9 Å². The fraction of sp³-hybridized carbons (Fsp3) is 0.348. The third kappa shape index (κ3) is 7.71. The molecule has 1 aromatic heterocycles. The minimum atomic E-state index is -0.502. The highest BCUT2D eigenvalue weighted by atomic mass is 19.1. The van der Waals surface area contributed by atoms with Crippen molar-refractivity contribution in [1.82, 2.24) is 15.6 Å². The molecule has 1 fully saturated rings. The Bertz CT molecular complexity index is 1040. The van der Waals surface area contributed by atoms with Gasteiger partial charge in [-0.1, -0.05) is 0 Å². The molecule has 2 heterocycles. The van der Waals surface area contributed by atoms with E-state index in [9.17, 15) is 14.0 Å². The topological polar surface area (TPSA) is 163 Å². The Morgan fingerprint density at radius 2 is 2.17 bits per heavy atom. The van der Waals surface area contributed by atoms with Gasteiger partial charge in [0.25, 0.3) is 6.47 Å². The molecular weight excluding hydrogens is 473 g/mol.